The van der Waals surface area contributed by atoms with Crippen molar-refractivity contribution in [3.8, 4) is 0 Å². The molecule has 30 heavy (non-hydrogen) atoms. The van der Waals surface area contributed by atoms with Gasteiger partial charge in [0.05, 0.1) is 11.5 Å². The molecule has 0 aliphatic carbocycles. The fourth-order valence-electron chi connectivity index (χ4n) is 4.29. The van der Waals surface area contributed by atoms with Crippen molar-refractivity contribution in [2.75, 3.05) is 44.3 Å². The zero-order valence-corrected chi connectivity index (χ0v) is 17.8. The number of piperazine rings is 1. The molecule has 0 aromatic heterocycles. The highest BCUT2D eigenvalue weighted by Gasteiger charge is 2.34. The molecule has 0 spiro atoms. The van der Waals surface area contributed by atoms with Crippen LogP contribution in [-0.4, -0.2) is 74.5 Å². The molecule has 2 aromatic carbocycles. The van der Waals surface area contributed by atoms with Gasteiger partial charge in [-0.25, -0.2) is 8.42 Å². The average molecular weight is 429 g/mol. The minimum absolute atomic E-state index is 0.0201. The number of rotatable bonds is 6. The Morgan fingerprint density at radius 1 is 0.933 bits per heavy atom. The van der Waals surface area contributed by atoms with Crippen LogP contribution in [0.25, 0.3) is 0 Å². The van der Waals surface area contributed by atoms with Crippen molar-refractivity contribution in [1.29, 1.82) is 0 Å². The van der Waals surface area contributed by atoms with Crippen LogP contribution in [0.5, 0.6) is 0 Å². The molecule has 2 aliphatic rings. The van der Waals surface area contributed by atoms with Crippen molar-refractivity contribution in [2.24, 2.45) is 0 Å². The van der Waals surface area contributed by atoms with Gasteiger partial charge in [0.25, 0.3) is 0 Å². The Labute approximate surface area is 178 Å². The molecule has 0 saturated carbocycles. The van der Waals surface area contributed by atoms with Crippen molar-refractivity contribution >= 4 is 15.7 Å². The van der Waals surface area contributed by atoms with Crippen LogP contribution in [0.2, 0.25) is 0 Å². The standard InChI is InChI=1S/C23H28N2O4S/c26-22(25-14-12-24(13-15-25)21-11-16-30(27,28)18-21)17-29-23(19-7-3-1-4-8-19)20-9-5-2-6-10-20/h1-10,21,23H,11-18H2. The highest BCUT2D eigenvalue weighted by Crippen LogP contribution is 2.26. The maximum Gasteiger partial charge on any atom is 0.248 e. The molecule has 1 amide bonds. The Morgan fingerprint density at radius 3 is 2.00 bits per heavy atom. The average Bonchev–Trinajstić information content (AvgIpc) is 3.15. The molecule has 0 radical (unpaired) electrons. The molecule has 0 N–H and O–H groups in total. The second-order valence-electron chi connectivity index (χ2n) is 7.99. The Balaban J connectivity index is 1.33. The van der Waals surface area contributed by atoms with Gasteiger partial charge in [0.2, 0.25) is 5.91 Å². The second-order valence-corrected chi connectivity index (χ2v) is 10.2. The molecule has 1 unspecified atom stereocenters. The molecule has 160 valence electrons. The summed E-state index contributed by atoms with van der Waals surface area (Å²) in [5.74, 6) is 0.510. The molecule has 2 fully saturated rings. The van der Waals surface area contributed by atoms with Gasteiger partial charge in [-0.05, 0) is 17.5 Å². The van der Waals surface area contributed by atoms with E-state index in [-0.39, 0.29) is 36.2 Å². The first kappa shape index (κ1) is 21.0. The van der Waals surface area contributed by atoms with Crippen molar-refractivity contribution in [1.82, 2.24) is 9.80 Å². The van der Waals surface area contributed by atoms with Crippen molar-refractivity contribution < 1.29 is 17.9 Å². The van der Waals surface area contributed by atoms with E-state index in [1.807, 2.05) is 65.6 Å². The smallest absolute Gasteiger partial charge is 0.248 e. The number of carbonyl (C=O) groups excluding carboxylic acids is 1. The Kier molecular flexibility index (Phi) is 6.51. The van der Waals surface area contributed by atoms with E-state index >= 15 is 0 Å². The summed E-state index contributed by atoms with van der Waals surface area (Å²) in [5.41, 5.74) is 2.03. The van der Waals surface area contributed by atoms with E-state index in [0.29, 0.717) is 32.6 Å². The number of hydrogen-bond acceptors (Lipinski definition) is 5. The van der Waals surface area contributed by atoms with Crippen molar-refractivity contribution in [3.63, 3.8) is 0 Å². The van der Waals surface area contributed by atoms with E-state index < -0.39 is 9.84 Å². The Bertz CT molecular complexity index is 902. The minimum Gasteiger partial charge on any atom is -0.359 e. The highest BCUT2D eigenvalue weighted by molar-refractivity contribution is 7.91. The first-order valence-electron chi connectivity index (χ1n) is 10.5. The minimum atomic E-state index is -2.89. The molecular formula is C23H28N2O4S. The monoisotopic (exact) mass is 428 g/mol. The number of ether oxygens (including phenoxy) is 1. The molecule has 2 aromatic rings. The summed E-state index contributed by atoms with van der Waals surface area (Å²) in [7, 11) is -2.89. The predicted molar refractivity (Wildman–Crippen MR) is 116 cm³/mol. The second kappa shape index (κ2) is 9.29. The number of hydrogen-bond donors (Lipinski definition) is 0. The van der Waals surface area contributed by atoms with Gasteiger partial charge in [-0.1, -0.05) is 60.7 Å². The van der Waals surface area contributed by atoms with E-state index in [9.17, 15) is 13.2 Å². The number of nitrogens with zero attached hydrogens (tertiary/aromatic N) is 2. The molecule has 1 atom stereocenters. The molecule has 2 heterocycles. The Morgan fingerprint density at radius 2 is 1.50 bits per heavy atom. The first-order valence-corrected chi connectivity index (χ1v) is 12.3. The largest absolute Gasteiger partial charge is 0.359 e. The lowest BCUT2D eigenvalue weighted by Crippen LogP contribution is -2.53. The molecule has 6 nitrogen and oxygen atoms in total. The van der Waals surface area contributed by atoms with Gasteiger partial charge >= 0.3 is 0 Å². The predicted octanol–water partition coefficient (Wildman–Crippen LogP) is 2.12. The van der Waals surface area contributed by atoms with Gasteiger partial charge in [0.15, 0.2) is 9.84 Å². The zero-order valence-electron chi connectivity index (χ0n) is 17.0. The van der Waals surface area contributed by atoms with Crippen LogP contribution in [0, 0.1) is 0 Å². The first-order chi connectivity index (χ1) is 14.5. The summed E-state index contributed by atoms with van der Waals surface area (Å²) in [6, 6.07) is 20.0. The van der Waals surface area contributed by atoms with Crippen molar-refractivity contribution in [2.45, 2.75) is 18.6 Å². The SMILES string of the molecule is O=C(COC(c1ccccc1)c1ccccc1)N1CCN(C2CCS(=O)(=O)C2)CC1. The van der Waals surface area contributed by atoms with Gasteiger partial charge in [0, 0.05) is 32.2 Å². The maximum atomic E-state index is 12.8. The fourth-order valence-corrected chi connectivity index (χ4v) is 6.05. The van der Waals surface area contributed by atoms with Crippen LogP contribution in [0.3, 0.4) is 0 Å². The summed E-state index contributed by atoms with van der Waals surface area (Å²) >= 11 is 0. The Hall–Kier alpha value is -2.22. The summed E-state index contributed by atoms with van der Waals surface area (Å²) < 4.78 is 29.6. The molecular weight excluding hydrogens is 400 g/mol. The number of sulfone groups is 1. The quantitative estimate of drug-likeness (QED) is 0.705. The third-order valence-corrected chi connectivity index (χ3v) is 7.72. The van der Waals surface area contributed by atoms with Crippen LogP contribution < -0.4 is 0 Å². The number of benzene rings is 2. The van der Waals surface area contributed by atoms with Crippen LogP contribution in [0.4, 0.5) is 0 Å². The summed E-state index contributed by atoms with van der Waals surface area (Å²) in [6.45, 7) is 2.67. The van der Waals surface area contributed by atoms with Crippen LogP contribution in [-0.2, 0) is 19.4 Å². The van der Waals surface area contributed by atoms with Gasteiger partial charge in [0.1, 0.15) is 12.7 Å². The van der Waals surface area contributed by atoms with E-state index in [2.05, 4.69) is 4.90 Å². The van der Waals surface area contributed by atoms with Gasteiger partial charge in [-0.3, -0.25) is 9.69 Å². The van der Waals surface area contributed by atoms with E-state index in [0.717, 1.165) is 11.1 Å². The lowest BCUT2D eigenvalue weighted by atomic mass is 10.0. The molecule has 2 saturated heterocycles. The van der Waals surface area contributed by atoms with E-state index in [1.54, 1.807) is 0 Å². The fraction of sp³-hybridized carbons (Fsp3) is 0.435. The van der Waals surface area contributed by atoms with E-state index in [4.69, 9.17) is 4.74 Å². The normalized spacial score (nSPS) is 21.8. The third kappa shape index (κ3) is 5.09. The molecule has 2 aliphatic heterocycles. The number of amides is 1. The summed E-state index contributed by atoms with van der Waals surface area (Å²) in [6.07, 6.45) is 0.413. The summed E-state index contributed by atoms with van der Waals surface area (Å²) in [5, 5.41) is 0. The van der Waals surface area contributed by atoms with Crippen LogP contribution >= 0.6 is 0 Å². The van der Waals surface area contributed by atoms with Gasteiger partial charge < -0.3 is 9.64 Å². The topological polar surface area (TPSA) is 66.9 Å². The maximum absolute atomic E-state index is 12.8. The third-order valence-electron chi connectivity index (χ3n) is 5.97. The molecule has 4 rings (SSSR count). The van der Waals surface area contributed by atoms with E-state index in [1.165, 1.54) is 0 Å². The lowest BCUT2D eigenvalue weighted by Gasteiger charge is -2.37. The molecule has 7 heteroatoms. The highest BCUT2D eigenvalue weighted by atomic mass is 32.2. The van der Waals surface area contributed by atoms with Gasteiger partial charge in [-0.15, -0.1) is 0 Å². The van der Waals surface area contributed by atoms with Gasteiger partial charge in [-0.2, -0.15) is 0 Å². The summed E-state index contributed by atoms with van der Waals surface area (Å²) in [4.78, 5) is 16.8. The van der Waals surface area contributed by atoms with Crippen molar-refractivity contribution in [3.05, 3.63) is 71.8 Å². The lowest BCUT2D eigenvalue weighted by molar-refractivity contribution is -0.139. The number of carbonyl (C=O) groups is 1. The molecule has 0 bridgehead atoms. The van der Waals surface area contributed by atoms with Crippen LogP contribution in [0.15, 0.2) is 60.7 Å². The zero-order chi connectivity index (χ0) is 21.0. The van der Waals surface area contributed by atoms with Crippen LogP contribution in [0.1, 0.15) is 23.7 Å².